The minimum absolute atomic E-state index is 0.0305. The van der Waals surface area contributed by atoms with Crippen molar-refractivity contribution >= 4 is 33.9 Å². The van der Waals surface area contributed by atoms with Gasteiger partial charge in [0.25, 0.3) is 0 Å². The molecule has 0 unspecified atom stereocenters. The van der Waals surface area contributed by atoms with Crippen LogP contribution in [0, 0.1) is 0 Å². The Labute approximate surface area is 114 Å². The molecule has 0 aromatic carbocycles. The molecule has 0 amide bonds. The Morgan fingerprint density at radius 2 is 2.17 bits per heavy atom. The maximum atomic E-state index is 11.4. The number of rotatable bonds is 5. The summed E-state index contributed by atoms with van der Waals surface area (Å²) in [4.78, 5) is 21.6. The number of hydrogen-bond acceptors (Lipinski definition) is 5. The van der Waals surface area contributed by atoms with Crippen molar-refractivity contribution in [3.8, 4) is 0 Å². The topological polar surface area (TPSA) is 46.1 Å². The summed E-state index contributed by atoms with van der Waals surface area (Å²) < 4.78 is 0. The smallest absolute Gasteiger partial charge is 0.196 e. The second kappa shape index (κ2) is 5.93. The summed E-state index contributed by atoms with van der Waals surface area (Å²) in [5, 5.41) is 2.54. The predicted octanol–water partition coefficient (Wildman–Crippen LogP) is 2.60. The van der Waals surface area contributed by atoms with Crippen LogP contribution in [-0.4, -0.2) is 28.7 Å². The lowest BCUT2D eigenvalue weighted by molar-refractivity contribution is 0.101. The summed E-state index contributed by atoms with van der Waals surface area (Å²) in [6.45, 7) is 0.727. The highest BCUT2D eigenvalue weighted by molar-refractivity contribution is 7.13. The third kappa shape index (κ3) is 3.05. The summed E-state index contributed by atoms with van der Waals surface area (Å²) in [5.41, 5.74) is 1.58. The number of aromatic nitrogens is 2. The lowest BCUT2D eigenvalue weighted by atomic mass is 10.2. The molecular weight excluding hydrogens is 270 g/mol. The van der Waals surface area contributed by atoms with Crippen molar-refractivity contribution in [3.05, 3.63) is 41.2 Å². The van der Waals surface area contributed by atoms with Crippen LogP contribution < -0.4 is 4.90 Å². The van der Waals surface area contributed by atoms with Gasteiger partial charge in [0.15, 0.2) is 10.9 Å². The number of pyridine rings is 1. The van der Waals surface area contributed by atoms with Crippen LogP contribution in [0.2, 0.25) is 0 Å². The van der Waals surface area contributed by atoms with E-state index in [-0.39, 0.29) is 11.7 Å². The van der Waals surface area contributed by atoms with E-state index in [4.69, 9.17) is 11.6 Å². The quantitative estimate of drug-likeness (QED) is 0.624. The van der Waals surface area contributed by atoms with Crippen LogP contribution in [0.4, 0.5) is 5.13 Å². The van der Waals surface area contributed by atoms with Crippen LogP contribution in [0.3, 0.4) is 0 Å². The highest BCUT2D eigenvalue weighted by Gasteiger charge is 2.12. The third-order valence-corrected chi connectivity index (χ3v) is 3.59. The maximum absolute atomic E-state index is 11.4. The summed E-state index contributed by atoms with van der Waals surface area (Å²) >= 11 is 6.94. The number of nitrogens with zero attached hydrogens (tertiary/aromatic N) is 3. The molecule has 0 bridgehead atoms. The van der Waals surface area contributed by atoms with Crippen LogP contribution in [0.1, 0.15) is 16.1 Å². The number of alkyl halides is 1. The first-order valence-electron chi connectivity index (χ1n) is 5.35. The van der Waals surface area contributed by atoms with E-state index in [1.165, 1.54) is 11.3 Å². The van der Waals surface area contributed by atoms with Crippen molar-refractivity contribution in [1.82, 2.24) is 9.97 Å². The van der Waals surface area contributed by atoms with Crippen molar-refractivity contribution < 1.29 is 4.79 Å². The zero-order chi connectivity index (χ0) is 13.0. The van der Waals surface area contributed by atoms with Gasteiger partial charge in [-0.2, -0.15) is 0 Å². The Bertz CT molecular complexity index is 529. The molecule has 0 aliphatic rings. The van der Waals surface area contributed by atoms with Gasteiger partial charge in [-0.1, -0.05) is 0 Å². The Morgan fingerprint density at radius 3 is 2.83 bits per heavy atom. The molecule has 0 spiro atoms. The second-order valence-electron chi connectivity index (χ2n) is 3.78. The molecule has 0 fully saturated rings. The summed E-state index contributed by atoms with van der Waals surface area (Å²) in [7, 11) is 1.94. The minimum atomic E-state index is -0.142. The lowest BCUT2D eigenvalue weighted by Gasteiger charge is -2.15. The Kier molecular flexibility index (Phi) is 4.28. The fourth-order valence-electron chi connectivity index (χ4n) is 1.47. The molecule has 4 nitrogen and oxygen atoms in total. The number of thiazole rings is 1. The maximum Gasteiger partial charge on any atom is 0.196 e. The van der Waals surface area contributed by atoms with E-state index in [1.54, 1.807) is 17.8 Å². The van der Waals surface area contributed by atoms with Gasteiger partial charge in [-0.3, -0.25) is 9.78 Å². The van der Waals surface area contributed by atoms with E-state index in [0.717, 1.165) is 17.2 Å². The average Bonchev–Trinajstić information content (AvgIpc) is 2.88. The molecule has 0 aliphatic carbocycles. The molecule has 0 radical (unpaired) electrons. The van der Waals surface area contributed by atoms with Gasteiger partial charge in [-0.05, 0) is 17.7 Å². The predicted molar refractivity (Wildman–Crippen MR) is 73.5 cm³/mol. The van der Waals surface area contributed by atoms with Gasteiger partial charge in [0, 0.05) is 31.4 Å². The van der Waals surface area contributed by atoms with Crippen LogP contribution >= 0.6 is 22.9 Å². The number of halogens is 1. The van der Waals surface area contributed by atoms with E-state index < -0.39 is 0 Å². The number of carbonyl (C=O) groups excluding carboxylic acids is 1. The highest BCUT2D eigenvalue weighted by Crippen LogP contribution is 2.21. The summed E-state index contributed by atoms with van der Waals surface area (Å²) in [6, 6.07) is 3.91. The molecule has 0 saturated carbocycles. The molecule has 18 heavy (non-hydrogen) atoms. The first-order chi connectivity index (χ1) is 8.70. The average molecular weight is 282 g/mol. The van der Waals surface area contributed by atoms with Gasteiger partial charge in [-0.25, -0.2) is 4.98 Å². The van der Waals surface area contributed by atoms with E-state index in [9.17, 15) is 4.79 Å². The van der Waals surface area contributed by atoms with Crippen molar-refractivity contribution in [1.29, 1.82) is 0 Å². The largest absolute Gasteiger partial charge is 0.347 e. The fraction of sp³-hybridized carbons (Fsp3) is 0.250. The molecule has 2 aromatic heterocycles. The fourth-order valence-corrected chi connectivity index (χ4v) is 2.40. The molecule has 0 N–H and O–H groups in total. The molecule has 2 rings (SSSR count). The molecular formula is C12H12ClN3OS. The molecule has 94 valence electrons. The van der Waals surface area contributed by atoms with Gasteiger partial charge in [-0.15, -0.1) is 22.9 Å². The number of hydrogen-bond donors (Lipinski definition) is 0. The van der Waals surface area contributed by atoms with Crippen molar-refractivity contribution in [3.63, 3.8) is 0 Å². The first kappa shape index (κ1) is 13.0. The molecule has 2 heterocycles. The van der Waals surface area contributed by atoms with Gasteiger partial charge in [0.05, 0.1) is 5.88 Å². The zero-order valence-corrected chi connectivity index (χ0v) is 11.4. The van der Waals surface area contributed by atoms with Gasteiger partial charge in [0.1, 0.15) is 5.69 Å². The van der Waals surface area contributed by atoms with E-state index >= 15 is 0 Å². The number of Topliss-reactive ketones (excluding diaryl/α,β-unsaturated/α-hetero) is 1. The number of carbonyl (C=O) groups is 1. The normalized spacial score (nSPS) is 10.3. The van der Waals surface area contributed by atoms with Crippen molar-refractivity contribution in [2.75, 3.05) is 17.8 Å². The molecule has 0 aliphatic heterocycles. The van der Waals surface area contributed by atoms with E-state index in [2.05, 4.69) is 9.97 Å². The Morgan fingerprint density at radius 1 is 1.44 bits per heavy atom. The van der Waals surface area contributed by atoms with Crippen LogP contribution in [0.25, 0.3) is 0 Å². The second-order valence-corrected chi connectivity index (χ2v) is 4.89. The van der Waals surface area contributed by atoms with Crippen molar-refractivity contribution in [2.45, 2.75) is 6.54 Å². The number of anilines is 1. The minimum Gasteiger partial charge on any atom is -0.347 e. The zero-order valence-electron chi connectivity index (χ0n) is 9.84. The Hall–Kier alpha value is -1.46. The van der Waals surface area contributed by atoms with E-state index in [1.807, 2.05) is 24.1 Å². The van der Waals surface area contributed by atoms with Crippen LogP contribution in [0.15, 0.2) is 29.9 Å². The van der Waals surface area contributed by atoms with Crippen LogP contribution in [-0.2, 0) is 6.54 Å². The molecule has 0 saturated heterocycles. The van der Waals surface area contributed by atoms with Gasteiger partial charge in [0.2, 0.25) is 0 Å². The molecule has 6 heteroatoms. The Balaban J connectivity index is 2.07. The standard InChI is InChI=1S/C12H12ClN3OS/c1-16(7-9-2-4-14-5-3-9)12-15-10(8-18-12)11(17)6-13/h2-5,8H,6-7H2,1H3. The number of ketones is 1. The lowest BCUT2D eigenvalue weighted by Crippen LogP contribution is -2.16. The molecule has 2 aromatic rings. The van der Waals surface area contributed by atoms with Gasteiger partial charge >= 0.3 is 0 Å². The van der Waals surface area contributed by atoms with Crippen molar-refractivity contribution in [2.24, 2.45) is 0 Å². The summed E-state index contributed by atoms with van der Waals surface area (Å²) in [6.07, 6.45) is 3.51. The monoisotopic (exact) mass is 281 g/mol. The summed E-state index contributed by atoms with van der Waals surface area (Å²) in [5.74, 6) is -0.173. The third-order valence-electron chi connectivity index (χ3n) is 2.39. The SMILES string of the molecule is CN(Cc1ccncc1)c1nc(C(=O)CCl)cs1. The van der Waals surface area contributed by atoms with E-state index in [0.29, 0.717) is 5.69 Å². The first-order valence-corrected chi connectivity index (χ1v) is 6.77. The van der Waals surface area contributed by atoms with Gasteiger partial charge < -0.3 is 4.90 Å². The highest BCUT2D eigenvalue weighted by atomic mass is 35.5. The van der Waals surface area contributed by atoms with Crippen LogP contribution in [0.5, 0.6) is 0 Å². The molecule has 0 atom stereocenters.